The normalized spacial score (nSPS) is 12.0. The molecule has 8 heteroatoms. The third kappa shape index (κ3) is 6.48. The van der Waals surface area contributed by atoms with Crippen LogP contribution in [0.15, 0.2) is 53.7 Å². The summed E-state index contributed by atoms with van der Waals surface area (Å²) in [5.74, 6) is 0.109. The molecule has 0 aliphatic carbocycles. The third-order valence-electron chi connectivity index (χ3n) is 3.96. The summed E-state index contributed by atoms with van der Waals surface area (Å²) in [6, 6.07) is 9.59. The molecule has 27 heavy (non-hydrogen) atoms. The summed E-state index contributed by atoms with van der Waals surface area (Å²) in [6.45, 7) is 8.22. The number of aromatic nitrogens is 1. The monoisotopic (exact) mass is 387 g/mol. The van der Waals surface area contributed by atoms with Crippen molar-refractivity contribution in [1.29, 1.82) is 0 Å². The van der Waals surface area contributed by atoms with E-state index in [1.54, 1.807) is 12.4 Å². The zero-order valence-electron chi connectivity index (χ0n) is 16.2. The van der Waals surface area contributed by atoms with Crippen LogP contribution in [0.2, 0.25) is 5.82 Å². The topological polar surface area (TPSA) is 88.2 Å². The molecule has 0 bridgehead atoms. The number of sulfonamides is 1. The van der Waals surface area contributed by atoms with Gasteiger partial charge in [-0.05, 0) is 42.0 Å². The van der Waals surface area contributed by atoms with Gasteiger partial charge in [0.05, 0.1) is 4.90 Å². The molecule has 0 saturated carbocycles. The number of benzene rings is 1. The van der Waals surface area contributed by atoms with Crippen molar-refractivity contribution in [2.75, 3.05) is 0 Å². The van der Waals surface area contributed by atoms with Crippen LogP contribution in [-0.2, 0) is 16.6 Å². The molecule has 0 aliphatic heterocycles. The summed E-state index contributed by atoms with van der Waals surface area (Å²) in [5, 5.41) is 2.80. The molecule has 0 saturated heterocycles. The average Bonchev–Trinajstić information content (AvgIpc) is 2.58. The van der Waals surface area contributed by atoms with Crippen molar-refractivity contribution >= 4 is 23.2 Å². The van der Waals surface area contributed by atoms with E-state index in [-0.39, 0.29) is 10.8 Å². The molecule has 2 rings (SSSR count). The number of carbonyl (C=O) groups excluding carboxylic acids is 1. The van der Waals surface area contributed by atoms with Gasteiger partial charge < -0.3 is 5.32 Å². The lowest BCUT2D eigenvalue weighted by molar-refractivity contribution is 0.0951. The number of carbonyl (C=O) groups is 1. The molecule has 0 radical (unpaired) electrons. The highest BCUT2D eigenvalue weighted by atomic mass is 32.2. The van der Waals surface area contributed by atoms with Crippen LogP contribution in [0.1, 0.15) is 43.6 Å². The first-order valence-electron chi connectivity index (χ1n) is 8.90. The minimum atomic E-state index is -3.65. The maximum atomic E-state index is 12.6. The van der Waals surface area contributed by atoms with Crippen LogP contribution in [0.5, 0.6) is 0 Å². The van der Waals surface area contributed by atoms with E-state index in [1.807, 2.05) is 26.0 Å². The Labute approximate surface area is 162 Å². The molecule has 6 nitrogen and oxygen atoms in total. The first kappa shape index (κ1) is 21.1. The van der Waals surface area contributed by atoms with E-state index in [0.717, 1.165) is 12.8 Å². The van der Waals surface area contributed by atoms with Crippen molar-refractivity contribution in [3.05, 3.63) is 59.9 Å². The summed E-state index contributed by atoms with van der Waals surface area (Å²) in [7, 11) is -2.93. The molecule has 2 aromatic rings. The lowest BCUT2D eigenvalue weighted by Crippen LogP contribution is -2.48. The molecule has 144 valence electrons. The van der Waals surface area contributed by atoms with Crippen LogP contribution in [0, 0.1) is 0 Å². The minimum Gasteiger partial charge on any atom is -0.348 e. The molecule has 0 fully saturated rings. The maximum Gasteiger partial charge on any atom is 0.251 e. The first-order chi connectivity index (χ1) is 12.6. The largest absolute Gasteiger partial charge is 0.348 e. The molecule has 0 atom stereocenters. The fourth-order valence-electron chi connectivity index (χ4n) is 3.06. The fraction of sp³-hybridized carbons (Fsp3) is 0.368. The second-order valence-electron chi connectivity index (χ2n) is 7.65. The number of pyridine rings is 1. The standard InChI is InChI=1S/C19H26BN3O3S/c1-14(2)20-19(3,4)23-27(25,26)17-7-5-16(6-8-17)18(24)22-13-15-9-11-21-12-10-15/h5-12,14,20,23H,13H2,1-4H3,(H,22,24). The van der Waals surface area contributed by atoms with Gasteiger partial charge in [-0.15, -0.1) is 0 Å². The molecule has 2 N–H and O–H groups in total. The Morgan fingerprint density at radius 3 is 2.26 bits per heavy atom. The number of nitrogens with zero attached hydrogens (tertiary/aromatic N) is 1. The Kier molecular flexibility index (Phi) is 6.78. The van der Waals surface area contributed by atoms with E-state index in [1.165, 1.54) is 24.3 Å². The molecule has 1 amide bonds. The minimum absolute atomic E-state index is 0.144. The van der Waals surface area contributed by atoms with Crippen LogP contribution in [0.25, 0.3) is 0 Å². The van der Waals surface area contributed by atoms with Gasteiger partial charge in [-0.2, -0.15) is 0 Å². The van der Waals surface area contributed by atoms with Gasteiger partial charge in [0, 0.05) is 29.9 Å². The van der Waals surface area contributed by atoms with Crippen molar-refractivity contribution in [2.45, 2.75) is 50.4 Å². The fourth-order valence-corrected chi connectivity index (χ4v) is 4.48. The zero-order chi connectivity index (χ0) is 20.1. The van der Waals surface area contributed by atoms with Crippen LogP contribution >= 0.6 is 0 Å². The van der Waals surface area contributed by atoms with E-state index in [0.29, 0.717) is 17.9 Å². The molecule has 0 unspecified atom stereocenters. The van der Waals surface area contributed by atoms with E-state index in [4.69, 9.17) is 0 Å². The number of hydrogen-bond donors (Lipinski definition) is 2. The Balaban J connectivity index is 2.04. The highest BCUT2D eigenvalue weighted by Gasteiger charge is 2.28. The molecular weight excluding hydrogens is 361 g/mol. The average molecular weight is 387 g/mol. The summed E-state index contributed by atoms with van der Waals surface area (Å²) in [5.41, 5.74) is 0.798. The second-order valence-corrected chi connectivity index (χ2v) is 9.33. The van der Waals surface area contributed by atoms with Crippen LogP contribution in [0.3, 0.4) is 0 Å². The summed E-state index contributed by atoms with van der Waals surface area (Å²) in [4.78, 5) is 16.3. The third-order valence-corrected chi connectivity index (χ3v) is 5.67. The quantitative estimate of drug-likeness (QED) is 0.681. The lowest BCUT2D eigenvalue weighted by atomic mass is 9.53. The van der Waals surface area contributed by atoms with E-state index in [9.17, 15) is 13.2 Å². The Morgan fingerprint density at radius 2 is 1.70 bits per heavy atom. The second kappa shape index (κ2) is 8.67. The van der Waals surface area contributed by atoms with Crippen LogP contribution in [-0.4, -0.2) is 32.0 Å². The van der Waals surface area contributed by atoms with Crippen molar-refractivity contribution in [3.8, 4) is 0 Å². The Bertz CT molecular complexity index is 867. The van der Waals surface area contributed by atoms with Gasteiger partial charge in [0.2, 0.25) is 10.0 Å². The number of rotatable bonds is 8. The molecular formula is C19H26BN3O3S. The first-order valence-corrected chi connectivity index (χ1v) is 10.4. The van der Waals surface area contributed by atoms with Gasteiger partial charge in [0.15, 0.2) is 0 Å². The van der Waals surface area contributed by atoms with E-state index < -0.39 is 15.5 Å². The van der Waals surface area contributed by atoms with Gasteiger partial charge in [-0.1, -0.05) is 33.5 Å². The van der Waals surface area contributed by atoms with Crippen molar-refractivity contribution < 1.29 is 13.2 Å². The highest BCUT2D eigenvalue weighted by molar-refractivity contribution is 7.89. The van der Waals surface area contributed by atoms with Gasteiger partial charge in [-0.3, -0.25) is 9.78 Å². The highest BCUT2D eigenvalue weighted by Crippen LogP contribution is 2.16. The predicted octanol–water partition coefficient (Wildman–Crippen LogP) is 2.29. The van der Waals surface area contributed by atoms with Crippen molar-refractivity contribution in [2.24, 2.45) is 0 Å². The van der Waals surface area contributed by atoms with Gasteiger partial charge >= 0.3 is 0 Å². The van der Waals surface area contributed by atoms with Crippen molar-refractivity contribution in [1.82, 2.24) is 15.0 Å². The Hall–Kier alpha value is -2.19. The van der Waals surface area contributed by atoms with Gasteiger partial charge in [0.1, 0.15) is 7.28 Å². The number of hydrogen-bond acceptors (Lipinski definition) is 4. The van der Waals surface area contributed by atoms with Crippen LogP contribution in [0.4, 0.5) is 0 Å². The lowest BCUT2D eigenvalue weighted by Gasteiger charge is -2.26. The number of amides is 1. The summed E-state index contributed by atoms with van der Waals surface area (Å²) >= 11 is 0. The van der Waals surface area contributed by atoms with Crippen LogP contribution < -0.4 is 10.0 Å². The molecule has 0 spiro atoms. The van der Waals surface area contributed by atoms with Crippen molar-refractivity contribution in [3.63, 3.8) is 0 Å². The smallest absolute Gasteiger partial charge is 0.251 e. The van der Waals surface area contributed by atoms with Gasteiger partial charge in [-0.25, -0.2) is 13.1 Å². The maximum absolute atomic E-state index is 12.6. The SMILES string of the molecule is CC(C)BC(C)(C)NS(=O)(=O)c1ccc(C(=O)NCc2ccncc2)cc1. The predicted molar refractivity (Wildman–Crippen MR) is 108 cm³/mol. The van der Waals surface area contributed by atoms with E-state index in [2.05, 4.69) is 28.9 Å². The van der Waals surface area contributed by atoms with Gasteiger partial charge in [0.25, 0.3) is 5.91 Å². The molecule has 1 aromatic carbocycles. The number of nitrogens with one attached hydrogen (secondary N) is 2. The molecule has 0 aliphatic rings. The Morgan fingerprint density at radius 1 is 1.11 bits per heavy atom. The molecule has 1 aromatic heterocycles. The molecule has 1 heterocycles. The summed E-state index contributed by atoms with van der Waals surface area (Å²) < 4.78 is 27.9. The zero-order valence-corrected chi connectivity index (χ0v) is 17.0. The summed E-state index contributed by atoms with van der Waals surface area (Å²) in [6.07, 6.45) is 3.32. The van der Waals surface area contributed by atoms with E-state index >= 15 is 0 Å².